The Morgan fingerprint density at radius 1 is 1.17 bits per heavy atom. The van der Waals surface area contributed by atoms with Gasteiger partial charge in [0.25, 0.3) is 0 Å². The van der Waals surface area contributed by atoms with Gasteiger partial charge in [0, 0.05) is 36.5 Å². The Kier molecular flexibility index (Phi) is 4.76. The van der Waals surface area contributed by atoms with E-state index in [9.17, 15) is 4.79 Å². The molecule has 0 bridgehead atoms. The number of aromatic nitrogens is 2. The number of nitrogens with zero attached hydrogens (tertiary/aromatic N) is 2. The fourth-order valence-corrected chi connectivity index (χ4v) is 3.29. The van der Waals surface area contributed by atoms with Crippen LogP contribution in [-0.2, 0) is 11.8 Å². The summed E-state index contributed by atoms with van der Waals surface area (Å²) < 4.78 is 4.04. The third-order valence-electron chi connectivity index (χ3n) is 4.07. The highest BCUT2D eigenvalue weighted by atomic mass is 32.2. The molecule has 0 aliphatic carbocycles. The lowest BCUT2D eigenvalue weighted by Gasteiger charge is -2.18. The Morgan fingerprint density at radius 3 is 2.70 bits per heavy atom. The summed E-state index contributed by atoms with van der Waals surface area (Å²) in [6.07, 6.45) is 8.79. The van der Waals surface area contributed by atoms with E-state index in [4.69, 9.17) is 0 Å². The number of aryl methyl sites for hydroxylation is 1. The van der Waals surface area contributed by atoms with E-state index in [1.54, 1.807) is 11.8 Å². The summed E-state index contributed by atoms with van der Waals surface area (Å²) in [6.45, 7) is 0. The first-order valence-electron chi connectivity index (χ1n) is 7.67. The van der Waals surface area contributed by atoms with Crippen LogP contribution in [0.2, 0.25) is 0 Å². The minimum absolute atomic E-state index is 0.0339. The maximum atomic E-state index is 12.8. The smallest absolute Gasteiger partial charge is 0.247 e. The molecule has 0 radical (unpaired) electrons. The van der Waals surface area contributed by atoms with Gasteiger partial charge in [-0.05, 0) is 48.8 Å². The van der Waals surface area contributed by atoms with Crippen LogP contribution in [0.25, 0.3) is 10.9 Å². The van der Waals surface area contributed by atoms with Gasteiger partial charge in [0.1, 0.15) is 6.04 Å². The number of carbonyl (C=O) groups excluding carboxylic acids is 1. The zero-order chi connectivity index (χ0) is 16.2. The highest BCUT2D eigenvalue weighted by Crippen LogP contribution is 2.25. The predicted octanol–water partition coefficient (Wildman–Crippen LogP) is 3.91. The molecule has 0 fully saturated rings. The molecule has 0 aliphatic rings. The number of anilines is 1. The van der Waals surface area contributed by atoms with Gasteiger partial charge < -0.3 is 14.5 Å². The number of carbonyl (C=O) groups is 1. The number of hydrogen-bond acceptors (Lipinski definition) is 2. The number of fused-ring (bicyclic) bond motifs is 1. The number of thioether (sulfide) groups is 1. The van der Waals surface area contributed by atoms with E-state index in [0.29, 0.717) is 0 Å². The van der Waals surface area contributed by atoms with Gasteiger partial charge in [-0.1, -0.05) is 6.07 Å². The Hall–Kier alpha value is -2.14. The second-order valence-electron chi connectivity index (χ2n) is 5.58. The van der Waals surface area contributed by atoms with E-state index in [2.05, 4.69) is 22.2 Å². The van der Waals surface area contributed by atoms with Gasteiger partial charge in [-0.3, -0.25) is 4.79 Å². The van der Waals surface area contributed by atoms with Crippen molar-refractivity contribution in [3.8, 4) is 0 Å². The van der Waals surface area contributed by atoms with Crippen molar-refractivity contribution in [1.29, 1.82) is 0 Å². The maximum absolute atomic E-state index is 12.8. The molecular formula is C18H21N3OS. The van der Waals surface area contributed by atoms with Crippen LogP contribution in [-0.4, -0.2) is 27.1 Å². The van der Waals surface area contributed by atoms with Crippen LogP contribution in [0.5, 0.6) is 0 Å². The molecule has 0 unspecified atom stereocenters. The molecule has 1 aromatic carbocycles. The molecule has 3 rings (SSSR count). The fraction of sp³-hybridized carbons (Fsp3) is 0.278. The van der Waals surface area contributed by atoms with Gasteiger partial charge in [0.2, 0.25) is 5.91 Å². The van der Waals surface area contributed by atoms with E-state index in [1.807, 2.05) is 60.5 Å². The third-order valence-corrected chi connectivity index (χ3v) is 4.72. The largest absolute Gasteiger partial charge is 0.350 e. The molecule has 2 aromatic heterocycles. The van der Waals surface area contributed by atoms with Crippen molar-refractivity contribution in [3.05, 3.63) is 55.0 Å². The van der Waals surface area contributed by atoms with Crippen molar-refractivity contribution >= 4 is 34.3 Å². The molecule has 4 nitrogen and oxygen atoms in total. The molecule has 3 aromatic rings. The zero-order valence-electron chi connectivity index (χ0n) is 13.4. The van der Waals surface area contributed by atoms with Crippen molar-refractivity contribution in [3.63, 3.8) is 0 Å². The standard InChI is InChI=1S/C18H21N3OS/c1-20-12-8-14-15(6-5-7-16(14)20)19-18(22)17(9-13-23-2)21-10-3-4-11-21/h3-8,10-12,17H,9,13H2,1-2H3,(H,19,22)/t17-/m1/s1. The third kappa shape index (κ3) is 3.29. The molecule has 120 valence electrons. The Bertz CT molecular complexity index is 792. The second kappa shape index (κ2) is 6.96. The molecule has 0 spiro atoms. The van der Waals surface area contributed by atoms with Gasteiger partial charge in [0.05, 0.1) is 5.69 Å². The predicted molar refractivity (Wildman–Crippen MR) is 98.0 cm³/mol. The number of benzene rings is 1. The molecule has 2 heterocycles. The maximum Gasteiger partial charge on any atom is 0.247 e. The van der Waals surface area contributed by atoms with Gasteiger partial charge >= 0.3 is 0 Å². The van der Waals surface area contributed by atoms with Crippen LogP contribution in [0.4, 0.5) is 5.69 Å². The number of rotatable bonds is 6. The lowest BCUT2D eigenvalue weighted by Crippen LogP contribution is -2.26. The summed E-state index contributed by atoms with van der Waals surface area (Å²) in [7, 11) is 2.01. The van der Waals surface area contributed by atoms with Gasteiger partial charge in [-0.25, -0.2) is 0 Å². The minimum Gasteiger partial charge on any atom is -0.350 e. The van der Waals surface area contributed by atoms with Gasteiger partial charge in [0.15, 0.2) is 0 Å². The number of nitrogens with one attached hydrogen (secondary N) is 1. The van der Waals surface area contributed by atoms with E-state index < -0.39 is 0 Å². The SMILES string of the molecule is CSCC[C@H](C(=O)Nc1cccc2c1ccn2C)n1cccc1. The first kappa shape index (κ1) is 15.7. The monoisotopic (exact) mass is 327 g/mol. The summed E-state index contributed by atoms with van der Waals surface area (Å²) in [5, 5.41) is 4.18. The van der Waals surface area contributed by atoms with Crippen LogP contribution in [0.3, 0.4) is 0 Å². The molecular weight excluding hydrogens is 306 g/mol. The first-order chi connectivity index (χ1) is 11.2. The Balaban J connectivity index is 1.85. The van der Waals surface area contributed by atoms with Crippen molar-refractivity contribution in [2.45, 2.75) is 12.5 Å². The molecule has 0 aliphatic heterocycles. The molecule has 0 saturated carbocycles. The van der Waals surface area contributed by atoms with E-state index in [-0.39, 0.29) is 11.9 Å². The topological polar surface area (TPSA) is 39.0 Å². The fourth-order valence-electron chi connectivity index (χ4n) is 2.83. The minimum atomic E-state index is -0.184. The van der Waals surface area contributed by atoms with Crippen LogP contribution in [0.15, 0.2) is 55.0 Å². The van der Waals surface area contributed by atoms with Crippen molar-refractivity contribution < 1.29 is 4.79 Å². The van der Waals surface area contributed by atoms with Crippen LogP contribution < -0.4 is 5.32 Å². The normalized spacial score (nSPS) is 12.4. The first-order valence-corrected chi connectivity index (χ1v) is 9.06. The van der Waals surface area contributed by atoms with Crippen molar-refractivity contribution in [1.82, 2.24) is 9.13 Å². The second-order valence-corrected chi connectivity index (χ2v) is 6.57. The Morgan fingerprint density at radius 2 is 1.96 bits per heavy atom. The molecule has 1 atom stereocenters. The van der Waals surface area contributed by atoms with Crippen molar-refractivity contribution in [2.75, 3.05) is 17.3 Å². The summed E-state index contributed by atoms with van der Waals surface area (Å²) in [5.41, 5.74) is 1.99. The quantitative estimate of drug-likeness (QED) is 0.745. The number of amides is 1. The zero-order valence-corrected chi connectivity index (χ0v) is 14.2. The average Bonchev–Trinajstić information content (AvgIpc) is 3.19. The highest BCUT2D eigenvalue weighted by molar-refractivity contribution is 7.98. The summed E-state index contributed by atoms with van der Waals surface area (Å²) in [6, 6.07) is 11.8. The van der Waals surface area contributed by atoms with Gasteiger partial charge in [-0.2, -0.15) is 11.8 Å². The van der Waals surface area contributed by atoms with E-state index in [1.165, 1.54) is 0 Å². The molecule has 5 heteroatoms. The summed E-state index contributed by atoms with van der Waals surface area (Å²) in [5.74, 6) is 0.984. The molecule has 23 heavy (non-hydrogen) atoms. The van der Waals surface area contributed by atoms with E-state index in [0.717, 1.165) is 28.8 Å². The lowest BCUT2D eigenvalue weighted by molar-refractivity contribution is -0.119. The number of hydrogen-bond donors (Lipinski definition) is 1. The average molecular weight is 327 g/mol. The van der Waals surface area contributed by atoms with Crippen LogP contribution >= 0.6 is 11.8 Å². The molecule has 0 saturated heterocycles. The lowest BCUT2D eigenvalue weighted by atomic mass is 10.1. The molecule has 1 amide bonds. The van der Waals surface area contributed by atoms with Crippen molar-refractivity contribution in [2.24, 2.45) is 7.05 Å². The summed E-state index contributed by atoms with van der Waals surface area (Å²) >= 11 is 1.76. The van der Waals surface area contributed by atoms with Gasteiger partial charge in [-0.15, -0.1) is 0 Å². The van der Waals surface area contributed by atoms with E-state index >= 15 is 0 Å². The summed E-state index contributed by atoms with van der Waals surface area (Å²) in [4.78, 5) is 12.8. The molecule has 1 N–H and O–H groups in total. The van der Waals surface area contributed by atoms with Crippen LogP contribution in [0.1, 0.15) is 12.5 Å². The van der Waals surface area contributed by atoms with Crippen LogP contribution in [0, 0.1) is 0 Å². The Labute approximate surface area is 140 Å². The highest BCUT2D eigenvalue weighted by Gasteiger charge is 2.20.